The minimum atomic E-state index is -0.764. The Bertz CT molecular complexity index is 469. The molecule has 0 spiro atoms. The van der Waals surface area contributed by atoms with Gasteiger partial charge in [0.25, 0.3) is 0 Å². The molecule has 6 heteroatoms. The van der Waals surface area contributed by atoms with Gasteiger partial charge in [0, 0.05) is 6.54 Å². The fourth-order valence-corrected chi connectivity index (χ4v) is 1.57. The number of hydrogen-bond acceptors (Lipinski definition) is 5. The maximum atomic E-state index is 11.7. The highest BCUT2D eigenvalue weighted by atomic mass is 16.6. The Morgan fingerprint density at radius 1 is 1.45 bits per heavy atom. The van der Waals surface area contributed by atoms with Crippen LogP contribution in [0.3, 0.4) is 0 Å². The number of carbonyl (C=O) groups excluding carboxylic acids is 1. The van der Waals surface area contributed by atoms with E-state index in [1.807, 2.05) is 0 Å². The summed E-state index contributed by atoms with van der Waals surface area (Å²) in [4.78, 5) is 11.7. The van der Waals surface area contributed by atoms with Gasteiger partial charge in [-0.1, -0.05) is 6.07 Å². The second-order valence-electron chi connectivity index (χ2n) is 5.34. The van der Waals surface area contributed by atoms with E-state index in [2.05, 4.69) is 5.32 Å². The topological polar surface area (TPSA) is 93.8 Å². The van der Waals surface area contributed by atoms with Crippen molar-refractivity contribution in [2.45, 2.75) is 32.5 Å². The molecule has 0 aliphatic carbocycles. The van der Waals surface area contributed by atoms with Crippen LogP contribution in [0.25, 0.3) is 0 Å². The summed E-state index contributed by atoms with van der Waals surface area (Å²) in [5.41, 5.74) is 5.92. The van der Waals surface area contributed by atoms with Crippen molar-refractivity contribution in [1.29, 1.82) is 0 Å². The summed E-state index contributed by atoms with van der Waals surface area (Å²) in [6.07, 6.45) is -1.33. The van der Waals surface area contributed by atoms with Gasteiger partial charge in [0.2, 0.25) is 0 Å². The number of aliphatic hydroxyl groups is 1. The molecule has 0 aliphatic rings. The van der Waals surface area contributed by atoms with Crippen molar-refractivity contribution in [3.63, 3.8) is 0 Å². The molecule has 4 N–H and O–H groups in total. The minimum absolute atomic E-state index is 0.113. The van der Waals surface area contributed by atoms with Gasteiger partial charge < -0.3 is 20.3 Å². The molecule has 6 nitrogen and oxygen atoms in total. The van der Waals surface area contributed by atoms with Gasteiger partial charge in [0.1, 0.15) is 11.4 Å². The maximum absolute atomic E-state index is 11.7. The zero-order valence-electron chi connectivity index (χ0n) is 12.3. The zero-order chi connectivity index (χ0) is 15.3. The third-order valence-electron chi connectivity index (χ3n) is 2.47. The first-order valence-corrected chi connectivity index (χ1v) is 6.33. The molecule has 1 aromatic carbocycles. The Morgan fingerprint density at radius 3 is 2.60 bits per heavy atom. The molecule has 20 heavy (non-hydrogen) atoms. The molecule has 0 aromatic heterocycles. The Balaban J connectivity index is 2.88. The number of aliphatic hydroxyl groups excluding tert-OH is 1. The number of rotatable bonds is 4. The molecule has 112 valence electrons. The highest BCUT2D eigenvalue weighted by Gasteiger charge is 2.18. The van der Waals surface area contributed by atoms with Crippen LogP contribution in [-0.2, 0) is 4.74 Å². The van der Waals surface area contributed by atoms with Gasteiger partial charge in [0.15, 0.2) is 0 Å². The van der Waals surface area contributed by atoms with Crippen molar-refractivity contribution in [3.05, 3.63) is 23.8 Å². The zero-order valence-corrected chi connectivity index (χ0v) is 12.3. The number of hydrogen-bond donors (Lipinski definition) is 3. The van der Waals surface area contributed by atoms with Gasteiger partial charge in [-0.25, -0.2) is 4.79 Å². The van der Waals surface area contributed by atoms with Gasteiger partial charge in [0.05, 0.1) is 18.9 Å². The van der Waals surface area contributed by atoms with E-state index in [0.717, 1.165) is 0 Å². The SMILES string of the molecule is COc1cc(C(O)CN)ccc1NC(=O)OC(C)(C)C. The van der Waals surface area contributed by atoms with Crippen LogP contribution in [0, 0.1) is 0 Å². The van der Waals surface area contributed by atoms with Crippen LogP contribution in [0.5, 0.6) is 5.75 Å². The second-order valence-corrected chi connectivity index (χ2v) is 5.34. The first kappa shape index (κ1) is 16.3. The van der Waals surface area contributed by atoms with Crippen LogP contribution in [-0.4, -0.2) is 30.5 Å². The lowest BCUT2D eigenvalue weighted by atomic mass is 10.1. The molecule has 1 rings (SSSR count). The van der Waals surface area contributed by atoms with Crippen molar-refractivity contribution >= 4 is 11.8 Å². The third-order valence-corrected chi connectivity index (χ3v) is 2.47. The van der Waals surface area contributed by atoms with Crippen LogP contribution < -0.4 is 15.8 Å². The summed E-state index contributed by atoms with van der Waals surface area (Å²) in [6, 6.07) is 4.94. The molecular formula is C14H22N2O4. The molecule has 1 aromatic rings. The van der Waals surface area contributed by atoms with E-state index in [9.17, 15) is 9.90 Å². The van der Waals surface area contributed by atoms with E-state index < -0.39 is 17.8 Å². The number of nitrogens with two attached hydrogens (primary N) is 1. The van der Waals surface area contributed by atoms with Crippen molar-refractivity contribution in [3.8, 4) is 5.75 Å². The summed E-state index contributed by atoms with van der Waals surface area (Å²) < 4.78 is 10.4. The van der Waals surface area contributed by atoms with E-state index in [0.29, 0.717) is 17.0 Å². The third kappa shape index (κ3) is 4.71. The molecule has 0 saturated heterocycles. The molecule has 1 amide bonds. The van der Waals surface area contributed by atoms with Crippen molar-refractivity contribution < 1.29 is 19.4 Å². The van der Waals surface area contributed by atoms with Crippen molar-refractivity contribution in [2.75, 3.05) is 19.0 Å². The Kier molecular flexibility index (Phi) is 5.35. The molecule has 0 saturated carbocycles. The van der Waals surface area contributed by atoms with Crippen molar-refractivity contribution in [1.82, 2.24) is 0 Å². The number of nitrogens with one attached hydrogen (secondary N) is 1. The highest BCUT2D eigenvalue weighted by molar-refractivity contribution is 5.87. The standard InChI is InChI=1S/C14H22N2O4/c1-14(2,3)20-13(18)16-10-6-5-9(11(17)8-15)7-12(10)19-4/h5-7,11,17H,8,15H2,1-4H3,(H,16,18). The predicted octanol–water partition coefficient (Wildman–Crippen LogP) is 2.03. The van der Waals surface area contributed by atoms with E-state index in [1.54, 1.807) is 39.0 Å². The Morgan fingerprint density at radius 2 is 2.10 bits per heavy atom. The molecule has 1 unspecified atom stereocenters. The maximum Gasteiger partial charge on any atom is 0.412 e. The number of benzene rings is 1. The van der Waals surface area contributed by atoms with Gasteiger partial charge in [-0.3, -0.25) is 5.32 Å². The molecule has 0 fully saturated rings. The van der Waals surface area contributed by atoms with Gasteiger partial charge in [-0.05, 0) is 38.5 Å². The van der Waals surface area contributed by atoms with E-state index in [4.69, 9.17) is 15.2 Å². The molecule has 0 aliphatic heterocycles. The number of methoxy groups -OCH3 is 1. The predicted molar refractivity (Wildman–Crippen MR) is 76.9 cm³/mol. The molecule has 0 heterocycles. The lowest BCUT2D eigenvalue weighted by molar-refractivity contribution is 0.0635. The average molecular weight is 282 g/mol. The monoisotopic (exact) mass is 282 g/mol. The normalized spacial score (nSPS) is 12.7. The van der Waals surface area contributed by atoms with Gasteiger partial charge in [-0.15, -0.1) is 0 Å². The van der Waals surface area contributed by atoms with Gasteiger partial charge in [-0.2, -0.15) is 0 Å². The summed E-state index contributed by atoms with van der Waals surface area (Å²) in [7, 11) is 1.48. The fraction of sp³-hybridized carbons (Fsp3) is 0.500. The highest BCUT2D eigenvalue weighted by Crippen LogP contribution is 2.28. The summed E-state index contributed by atoms with van der Waals surface area (Å²) in [6.45, 7) is 5.46. The number of anilines is 1. The fourth-order valence-electron chi connectivity index (χ4n) is 1.57. The first-order valence-electron chi connectivity index (χ1n) is 6.33. The number of ether oxygens (including phenoxy) is 2. The quantitative estimate of drug-likeness (QED) is 0.785. The summed E-state index contributed by atoms with van der Waals surface area (Å²) >= 11 is 0. The Hall–Kier alpha value is -1.79. The summed E-state index contributed by atoms with van der Waals surface area (Å²) in [5.74, 6) is 0.431. The van der Waals surface area contributed by atoms with E-state index in [1.165, 1.54) is 7.11 Å². The van der Waals surface area contributed by atoms with E-state index in [-0.39, 0.29) is 6.54 Å². The number of amides is 1. The second kappa shape index (κ2) is 6.58. The van der Waals surface area contributed by atoms with Crippen LogP contribution in [0.4, 0.5) is 10.5 Å². The molecular weight excluding hydrogens is 260 g/mol. The van der Waals surface area contributed by atoms with Crippen LogP contribution >= 0.6 is 0 Å². The van der Waals surface area contributed by atoms with Gasteiger partial charge >= 0.3 is 6.09 Å². The lowest BCUT2D eigenvalue weighted by Gasteiger charge is -2.20. The molecule has 0 radical (unpaired) electrons. The minimum Gasteiger partial charge on any atom is -0.495 e. The largest absolute Gasteiger partial charge is 0.495 e. The number of carbonyl (C=O) groups is 1. The summed E-state index contributed by atoms with van der Waals surface area (Å²) in [5, 5.41) is 12.3. The molecule has 0 bridgehead atoms. The van der Waals surface area contributed by atoms with Crippen LogP contribution in [0.1, 0.15) is 32.4 Å². The first-order chi connectivity index (χ1) is 9.26. The van der Waals surface area contributed by atoms with E-state index >= 15 is 0 Å². The van der Waals surface area contributed by atoms with Crippen LogP contribution in [0.15, 0.2) is 18.2 Å². The molecule has 1 atom stereocenters. The van der Waals surface area contributed by atoms with Crippen LogP contribution in [0.2, 0.25) is 0 Å². The smallest absolute Gasteiger partial charge is 0.412 e. The lowest BCUT2D eigenvalue weighted by Crippen LogP contribution is -2.27. The van der Waals surface area contributed by atoms with Crippen molar-refractivity contribution in [2.24, 2.45) is 5.73 Å². The Labute approximate surface area is 118 Å². The average Bonchev–Trinajstić information content (AvgIpc) is 2.36.